The maximum atomic E-state index is 5.64. The van der Waals surface area contributed by atoms with Gasteiger partial charge < -0.3 is 5.73 Å². The maximum absolute atomic E-state index is 5.64. The van der Waals surface area contributed by atoms with Crippen molar-refractivity contribution >= 4 is 0 Å². The summed E-state index contributed by atoms with van der Waals surface area (Å²) in [6.45, 7) is 3.50. The molecule has 4 nitrogen and oxygen atoms in total. The zero-order valence-electron chi connectivity index (χ0n) is 10.8. The summed E-state index contributed by atoms with van der Waals surface area (Å²) in [5.74, 6) is 0. The number of nitrogens with two attached hydrogens (primary N) is 1. The van der Waals surface area contributed by atoms with Crippen molar-refractivity contribution < 1.29 is 0 Å². The Hall–Kier alpha value is -1.68. The van der Waals surface area contributed by atoms with Gasteiger partial charge in [-0.3, -0.25) is 0 Å². The Morgan fingerprint density at radius 1 is 1.22 bits per heavy atom. The molecule has 0 amide bonds. The number of aromatic nitrogens is 3. The van der Waals surface area contributed by atoms with Gasteiger partial charge in [0.05, 0.1) is 11.4 Å². The lowest BCUT2D eigenvalue weighted by molar-refractivity contribution is 0.540. The smallest absolute Gasteiger partial charge is 0.0994 e. The molecule has 4 heteroatoms. The minimum Gasteiger partial charge on any atom is -0.325 e. The van der Waals surface area contributed by atoms with Gasteiger partial charge in [0.15, 0.2) is 0 Å². The Labute approximate surface area is 108 Å². The van der Waals surface area contributed by atoms with Crippen molar-refractivity contribution in [3.05, 3.63) is 47.3 Å². The van der Waals surface area contributed by atoms with Crippen LogP contribution in [0.2, 0.25) is 0 Å². The van der Waals surface area contributed by atoms with Gasteiger partial charge in [-0.1, -0.05) is 42.5 Å². The molecule has 0 bridgehead atoms. The van der Waals surface area contributed by atoms with Crippen molar-refractivity contribution in [3.8, 4) is 0 Å². The van der Waals surface area contributed by atoms with Crippen LogP contribution in [0.3, 0.4) is 0 Å². The van der Waals surface area contributed by atoms with E-state index >= 15 is 0 Å². The molecule has 0 aliphatic carbocycles. The molecule has 0 aliphatic rings. The molecule has 2 N–H and O–H groups in total. The summed E-state index contributed by atoms with van der Waals surface area (Å²) in [5, 5.41) is 8.29. The molecule has 1 heterocycles. The average Bonchev–Trinajstić information content (AvgIpc) is 2.82. The summed E-state index contributed by atoms with van der Waals surface area (Å²) in [6.07, 6.45) is 3.08. The van der Waals surface area contributed by atoms with Gasteiger partial charge in [-0.15, -0.1) is 5.10 Å². The number of nitrogens with zero attached hydrogens (tertiary/aromatic N) is 3. The molecule has 2 aromatic rings. The van der Waals surface area contributed by atoms with Gasteiger partial charge in [0.2, 0.25) is 0 Å². The Bertz CT molecular complexity index is 476. The van der Waals surface area contributed by atoms with Gasteiger partial charge in [-0.2, -0.15) is 0 Å². The number of hydrogen-bond acceptors (Lipinski definition) is 3. The fraction of sp³-hybridized carbons (Fsp3) is 0.429. The van der Waals surface area contributed by atoms with Gasteiger partial charge in [0, 0.05) is 13.1 Å². The molecule has 0 unspecified atom stereocenters. The second-order valence-corrected chi connectivity index (χ2v) is 4.35. The molecule has 0 fully saturated rings. The zero-order valence-corrected chi connectivity index (χ0v) is 10.8. The first-order chi connectivity index (χ1) is 8.85. The molecule has 18 heavy (non-hydrogen) atoms. The maximum Gasteiger partial charge on any atom is 0.0994 e. The predicted molar refractivity (Wildman–Crippen MR) is 72.1 cm³/mol. The lowest BCUT2D eigenvalue weighted by atomic mass is 10.1. The lowest BCUT2D eigenvalue weighted by Crippen LogP contribution is -2.08. The van der Waals surface area contributed by atoms with Crippen LogP contribution >= 0.6 is 0 Å². The van der Waals surface area contributed by atoms with E-state index < -0.39 is 0 Å². The summed E-state index contributed by atoms with van der Waals surface area (Å²) in [6, 6.07) is 10.5. The molecule has 0 spiro atoms. The van der Waals surface area contributed by atoms with Gasteiger partial charge in [-0.25, -0.2) is 4.68 Å². The van der Waals surface area contributed by atoms with Crippen molar-refractivity contribution in [2.24, 2.45) is 5.73 Å². The summed E-state index contributed by atoms with van der Waals surface area (Å²) in [7, 11) is 0. The largest absolute Gasteiger partial charge is 0.325 e. The van der Waals surface area contributed by atoms with Crippen molar-refractivity contribution in [3.63, 3.8) is 0 Å². The standard InChI is InChI=1S/C14H20N4/c1-2-14-13(11-15)16-17-18(14)10-6-9-12-7-4-3-5-8-12/h3-5,7-8H,2,6,9-11,15H2,1H3. The molecule has 2 rings (SSSR count). The van der Waals surface area contributed by atoms with Crippen LogP contribution in [0.1, 0.15) is 30.3 Å². The first-order valence-corrected chi connectivity index (χ1v) is 6.50. The van der Waals surface area contributed by atoms with E-state index in [1.165, 1.54) is 11.3 Å². The molecular weight excluding hydrogens is 224 g/mol. The zero-order chi connectivity index (χ0) is 12.8. The Balaban J connectivity index is 1.92. The highest BCUT2D eigenvalue weighted by atomic mass is 15.4. The van der Waals surface area contributed by atoms with Crippen molar-refractivity contribution in [1.82, 2.24) is 15.0 Å². The minimum atomic E-state index is 0.474. The van der Waals surface area contributed by atoms with Crippen molar-refractivity contribution in [1.29, 1.82) is 0 Å². The van der Waals surface area contributed by atoms with Crippen molar-refractivity contribution in [2.75, 3.05) is 0 Å². The summed E-state index contributed by atoms with van der Waals surface area (Å²) >= 11 is 0. The summed E-state index contributed by atoms with van der Waals surface area (Å²) in [5.41, 5.74) is 9.11. The third-order valence-corrected chi connectivity index (χ3v) is 3.12. The van der Waals surface area contributed by atoms with E-state index in [9.17, 15) is 0 Å². The van der Waals surface area contributed by atoms with E-state index in [1.807, 2.05) is 10.7 Å². The van der Waals surface area contributed by atoms with Gasteiger partial charge in [0.1, 0.15) is 0 Å². The second kappa shape index (κ2) is 6.31. The van der Waals surface area contributed by atoms with Crippen LogP contribution in [-0.2, 0) is 25.9 Å². The monoisotopic (exact) mass is 244 g/mol. The van der Waals surface area contributed by atoms with Gasteiger partial charge in [0.25, 0.3) is 0 Å². The molecule has 0 radical (unpaired) electrons. The fourth-order valence-electron chi connectivity index (χ4n) is 2.17. The second-order valence-electron chi connectivity index (χ2n) is 4.35. The first kappa shape index (κ1) is 12.8. The highest BCUT2D eigenvalue weighted by Crippen LogP contribution is 2.08. The predicted octanol–water partition coefficient (Wildman–Crippen LogP) is 1.93. The van der Waals surface area contributed by atoms with E-state index in [1.54, 1.807) is 0 Å². The third-order valence-electron chi connectivity index (χ3n) is 3.12. The van der Waals surface area contributed by atoms with Crippen LogP contribution in [0.15, 0.2) is 30.3 Å². The van der Waals surface area contributed by atoms with Gasteiger partial charge >= 0.3 is 0 Å². The van der Waals surface area contributed by atoms with E-state index in [-0.39, 0.29) is 0 Å². The SMILES string of the molecule is CCc1c(CN)nnn1CCCc1ccccc1. The van der Waals surface area contributed by atoms with Crippen LogP contribution in [0.5, 0.6) is 0 Å². The normalized spacial score (nSPS) is 10.8. The van der Waals surface area contributed by atoms with E-state index in [0.29, 0.717) is 6.54 Å². The number of aryl methyl sites for hydroxylation is 2. The van der Waals surface area contributed by atoms with E-state index in [4.69, 9.17) is 5.73 Å². The molecule has 96 valence electrons. The highest BCUT2D eigenvalue weighted by Gasteiger charge is 2.08. The summed E-state index contributed by atoms with van der Waals surface area (Å²) in [4.78, 5) is 0. The Kier molecular flexibility index (Phi) is 4.47. The highest BCUT2D eigenvalue weighted by molar-refractivity contribution is 5.14. The van der Waals surface area contributed by atoms with Crippen LogP contribution < -0.4 is 5.73 Å². The average molecular weight is 244 g/mol. The number of hydrogen-bond donors (Lipinski definition) is 1. The quantitative estimate of drug-likeness (QED) is 0.844. The van der Waals surface area contributed by atoms with Crippen LogP contribution in [0.4, 0.5) is 0 Å². The molecule has 1 aromatic carbocycles. The molecule has 0 saturated heterocycles. The molecular formula is C14H20N4. The molecule has 0 aliphatic heterocycles. The number of rotatable bonds is 6. The van der Waals surface area contributed by atoms with E-state index in [2.05, 4.69) is 41.5 Å². The Morgan fingerprint density at radius 3 is 2.67 bits per heavy atom. The summed E-state index contributed by atoms with van der Waals surface area (Å²) < 4.78 is 1.99. The lowest BCUT2D eigenvalue weighted by Gasteiger charge is -2.05. The minimum absolute atomic E-state index is 0.474. The van der Waals surface area contributed by atoms with Gasteiger partial charge in [-0.05, 0) is 24.8 Å². The van der Waals surface area contributed by atoms with Crippen LogP contribution in [0, 0.1) is 0 Å². The van der Waals surface area contributed by atoms with Crippen molar-refractivity contribution in [2.45, 2.75) is 39.3 Å². The fourth-order valence-corrected chi connectivity index (χ4v) is 2.17. The molecule has 0 atom stereocenters. The molecule has 1 aromatic heterocycles. The number of benzene rings is 1. The van der Waals surface area contributed by atoms with E-state index in [0.717, 1.165) is 31.5 Å². The topological polar surface area (TPSA) is 56.7 Å². The van der Waals surface area contributed by atoms with Crippen LogP contribution in [-0.4, -0.2) is 15.0 Å². The first-order valence-electron chi connectivity index (χ1n) is 6.50. The third kappa shape index (κ3) is 2.96. The van der Waals surface area contributed by atoms with Crippen LogP contribution in [0.25, 0.3) is 0 Å². The molecule has 0 saturated carbocycles. The Morgan fingerprint density at radius 2 is 2.00 bits per heavy atom.